The molecule has 1 N–H and O–H groups in total. The molecule has 2 aliphatic rings. The number of sulfonamides is 1. The lowest BCUT2D eigenvalue weighted by atomic mass is 9.82. The molecule has 33 heavy (non-hydrogen) atoms. The smallest absolute Gasteiger partial charge is 0.229 e. The zero-order valence-electron chi connectivity index (χ0n) is 19.5. The molecule has 5 rings (SSSR count). The molecular weight excluding hydrogens is 440 g/mol. The zero-order chi connectivity index (χ0) is 23.3. The van der Waals surface area contributed by atoms with Crippen molar-refractivity contribution in [3.8, 4) is 17.2 Å². The molecule has 1 fully saturated rings. The van der Waals surface area contributed by atoms with Crippen molar-refractivity contribution < 1.29 is 22.6 Å². The minimum absolute atomic E-state index is 0.426. The van der Waals surface area contributed by atoms with Gasteiger partial charge < -0.3 is 14.2 Å². The van der Waals surface area contributed by atoms with Crippen LogP contribution in [0.15, 0.2) is 24.3 Å². The zero-order valence-corrected chi connectivity index (χ0v) is 20.3. The van der Waals surface area contributed by atoms with E-state index >= 15 is 0 Å². The van der Waals surface area contributed by atoms with Crippen molar-refractivity contribution in [2.24, 2.45) is 0 Å². The van der Waals surface area contributed by atoms with Crippen molar-refractivity contribution >= 4 is 37.3 Å². The molecule has 1 unspecified atom stereocenters. The first-order valence-electron chi connectivity index (χ1n) is 11.3. The van der Waals surface area contributed by atoms with Crippen LogP contribution in [-0.2, 0) is 23.0 Å². The van der Waals surface area contributed by atoms with Crippen LogP contribution in [0.25, 0.3) is 21.5 Å². The van der Waals surface area contributed by atoms with E-state index in [-0.39, 0.29) is 0 Å². The first-order chi connectivity index (χ1) is 15.8. The minimum atomic E-state index is -3.47. The van der Waals surface area contributed by atoms with E-state index in [2.05, 4.69) is 15.7 Å². The van der Waals surface area contributed by atoms with Gasteiger partial charge in [-0.25, -0.2) is 8.42 Å². The largest absolute Gasteiger partial charge is 0.495 e. The van der Waals surface area contributed by atoms with Crippen LogP contribution in [0.5, 0.6) is 17.2 Å². The number of benzene rings is 3. The fraction of sp³-hybridized carbons (Fsp3) is 0.440. The average Bonchev–Trinajstić information content (AvgIpc) is 2.80. The van der Waals surface area contributed by atoms with Crippen LogP contribution in [0.1, 0.15) is 30.4 Å². The van der Waals surface area contributed by atoms with Gasteiger partial charge >= 0.3 is 0 Å². The summed E-state index contributed by atoms with van der Waals surface area (Å²) >= 11 is 0. The maximum atomic E-state index is 12.0. The van der Waals surface area contributed by atoms with Gasteiger partial charge in [0.2, 0.25) is 10.0 Å². The van der Waals surface area contributed by atoms with Crippen LogP contribution in [0.2, 0.25) is 0 Å². The van der Waals surface area contributed by atoms with Crippen LogP contribution in [0.4, 0.5) is 5.69 Å². The van der Waals surface area contributed by atoms with Crippen LogP contribution in [0.3, 0.4) is 0 Å². The van der Waals surface area contributed by atoms with E-state index < -0.39 is 10.0 Å². The van der Waals surface area contributed by atoms with Gasteiger partial charge in [-0.3, -0.25) is 9.62 Å². The number of methoxy groups -OCH3 is 3. The Bertz CT molecular complexity index is 1350. The summed E-state index contributed by atoms with van der Waals surface area (Å²) in [5, 5.41) is 4.21. The van der Waals surface area contributed by atoms with Crippen molar-refractivity contribution in [3.63, 3.8) is 0 Å². The highest BCUT2D eigenvalue weighted by atomic mass is 32.2. The van der Waals surface area contributed by atoms with Crippen molar-refractivity contribution in [1.82, 2.24) is 4.90 Å². The van der Waals surface area contributed by atoms with Crippen molar-refractivity contribution in [2.45, 2.75) is 38.3 Å². The molecule has 3 aromatic carbocycles. The number of hydrogen-bond donors (Lipinski definition) is 1. The summed E-state index contributed by atoms with van der Waals surface area (Å²) in [6, 6.07) is 8.47. The van der Waals surface area contributed by atoms with E-state index in [1.165, 1.54) is 30.4 Å². The molecule has 0 aliphatic carbocycles. The molecule has 176 valence electrons. The minimum Gasteiger partial charge on any atom is -0.495 e. The molecular formula is C25H30N2O5S. The summed E-state index contributed by atoms with van der Waals surface area (Å²) in [6.07, 6.45) is 5.85. The van der Waals surface area contributed by atoms with E-state index in [4.69, 9.17) is 14.2 Å². The van der Waals surface area contributed by atoms with Gasteiger partial charge in [0.25, 0.3) is 0 Å². The van der Waals surface area contributed by atoms with Crippen LogP contribution < -0.4 is 18.9 Å². The van der Waals surface area contributed by atoms with Crippen LogP contribution in [-0.4, -0.2) is 53.5 Å². The van der Waals surface area contributed by atoms with Gasteiger partial charge in [-0.1, -0.05) is 6.42 Å². The summed E-state index contributed by atoms with van der Waals surface area (Å²) in [7, 11) is 1.38. The highest BCUT2D eigenvalue weighted by molar-refractivity contribution is 7.92. The quantitative estimate of drug-likeness (QED) is 0.561. The summed E-state index contributed by atoms with van der Waals surface area (Å²) in [4.78, 5) is 2.59. The SMILES string of the molecule is COc1cc2c3c(c4cc(OC)c(OC)cc4c2cc1NS(C)(=O)=O)CC1CCCCN1C3. The molecule has 0 aromatic heterocycles. The topological polar surface area (TPSA) is 77.1 Å². The van der Waals surface area contributed by atoms with E-state index in [0.29, 0.717) is 29.0 Å². The maximum absolute atomic E-state index is 12.0. The maximum Gasteiger partial charge on any atom is 0.229 e. The Morgan fingerprint density at radius 1 is 0.848 bits per heavy atom. The number of rotatable bonds is 5. The van der Waals surface area contributed by atoms with Crippen LogP contribution >= 0.6 is 0 Å². The van der Waals surface area contributed by atoms with Crippen molar-refractivity contribution in [1.29, 1.82) is 0 Å². The average molecular weight is 471 g/mol. The normalized spacial score (nSPS) is 18.6. The predicted octanol–water partition coefficient (Wildman–Crippen LogP) is 4.30. The molecule has 2 heterocycles. The number of nitrogens with one attached hydrogen (secondary N) is 1. The molecule has 8 heteroatoms. The lowest BCUT2D eigenvalue weighted by Crippen LogP contribution is -2.43. The second-order valence-electron chi connectivity index (χ2n) is 9.01. The van der Waals surface area contributed by atoms with Gasteiger partial charge in [-0.2, -0.15) is 0 Å². The number of ether oxygens (including phenoxy) is 3. The highest BCUT2D eigenvalue weighted by Crippen LogP contribution is 2.45. The fourth-order valence-corrected chi connectivity index (χ4v) is 6.09. The second kappa shape index (κ2) is 8.25. The van der Waals surface area contributed by atoms with Crippen molar-refractivity contribution in [3.05, 3.63) is 35.4 Å². The highest BCUT2D eigenvalue weighted by Gasteiger charge is 2.31. The van der Waals surface area contributed by atoms with Gasteiger partial charge in [0.1, 0.15) is 5.75 Å². The second-order valence-corrected chi connectivity index (χ2v) is 10.8. The summed E-state index contributed by atoms with van der Waals surface area (Å²) < 4.78 is 43.5. The van der Waals surface area contributed by atoms with E-state index in [1.54, 1.807) is 21.3 Å². The van der Waals surface area contributed by atoms with Crippen LogP contribution in [0, 0.1) is 0 Å². The third-order valence-corrected chi connectivity index (χ3v) is 7.60. The molecule has 0 saturated carbocycles. The Kier molecular flexibility index (Phi) is 5.53. The molecule has 7 nitrogen and oxygen atoms in total. The monoisotopic (exact) mass is 470 g/mol. The predicted molar refractivity (Wildman–Crippen MR) is 131 cm³/mol. The Morgan fingerprint density at radius 3 is 2.12 bits per heavy atom. The summed E-state index contributed by atoms with van der Waals surface area (Å²) in [6.45, 7) is 1.99. The number of nitrogens with zero attached hydrogens (tertiary/aromatic N) is 1. The molecule has 3 aromatic rings. The first kappa shape index (κ1) is 22.1. The van der Waals surface area contributed by atoms with Gasteiger partial charge in [0.15, 0.2) is 11.5 Å². The van der Waals surface area contributed by atoms with E-state index in [9.17, 15) is 8.42 Å². The van der Waals surface area contributed by atoms with Gasteiger partial charge in [0, 0.05) is 12.6 Å². The Hall–Kier alpha value is -2.71. The van der Waals surface area contributed by atoms with Gasteiger partial charge in [-0.15, -0.1) is 0 Å². The number of fused-ring (bicyclic) bond motifs is 7. The molecule has 2 aliphatic heterocycles. The molecule has 0 bridgehead atoms. The Labute approximate surface area is 194 Å². The third-order valence-electron chi connectivity index (χ3n) is 7.01. The molecule has 1 atom stereocenters. The van der Waals surface area contributed by atoms with E-state index in [0.717, 1.165) is 47.3 Å². The molecule has 0 amide bonds. The molecule has 1 saturated heterocycles. The lowest BCUT2D eigenvalue weighted by molar-refractivity contribution is 0.128. The molecule has 0 radical (unpaired) electrons. The third kappa shape index (κ3) is 3.85. The van der Waals surface area contributed by atoms with Gasteiger partial charge in [-0.05, 0) is 82.7 Å². The van der Waals surface area contributed by atoms with Gasteiger partial charge in [0.05, 0.1) is 33.3 Å². The Morgan fingerprint density at radius 2 is 1.45 bits per heavy atom. The fourth-order valence-electron chi connectivity index (χ4n) is 5.53. The van der Waals surface area contributed by atoms with E-state index in [1.807, 2.05) is 18.2 Å². The summed E-state index contributed by atoms with van der Waals surface area (Å²) in [5.41, 5.74) is 3.05. The van der Waals surface area contributed by atoms with Crippen molar-refractivity contribution in [2.75, 3.05) is 38.9 Å². The Balaban J connectivity index is 1.86. The summed E-state index contributed by atoms with van der Waals surface area (Å²) in [5.74, 6) is 1.85. The number of piperidine rings is 1. The molecule has 0 spiro atoms. The lowest BCUT2D eigenvalue weighted by Gasteiger charge is -2.41. The number of anilines is 1. The standard InChI is InChI=1S/C25H30N2O5S/c1-30-23-11-20-17(10-22(23)26-33(4,28)29)19-13-25(32-3)24(31-2)12-18(19)16-9-15-7-5-6-8-27(15)14-21(16)20/h10-13,15,26H,5-9,14H2,1-4H3. The first-order valence-corrected chi connectivity index (χ1v) is 13.1. The number of hydrogen-bond acceptors (Lipinski definition) is 6.